The van der Waals surface area contributed by atoms with E-state index in [9.17, 15) is 4.79 Å². The van der Waals surface area contributed by atoms with Crippen molar-refractivity contribution in [3.63, 3.8) is 0 Å². The van der Waals surface area contributed by atoms with E-state index >= 15 is 0 Å². The molecule has 150 valence electrons. The lowest BCUT2D eigenvalue weighted by Gasteiger charge is -2.18. The molecule has 0 spiro atoms. The third-order valence-electron chi connectivity index (χ3n) is 4.72. The van der Waals surface area contributed by atoms with Crippen LogP contribution in [0.2, 0.25) is 0 Å². The Bertz CT molecular complexity index is 997. The van der Waals surface area contributed by atoms with Crippen LogP contribution in [0, 0.1) is 10.8 Å². The smallest absolute Gasteiger partial charge is 0.226 e. The number of carbonyl (C=O) groups excluding carboxylic acids is 1. The number of rotatable bonds is 6. The van der Waals surface area contributed by atoms with Crippen LogP contribution in [-0.4, -0.2) is 43.0 Å². The number of benzene rings is 1. The Morgan fingerprint density at radius 1 is 1.31 bits per heavy atom. The molecule has 0 fully saturated rings. The summed E-state index contributed by atoms with van der Waals surface area (Å²) in [5.41, 5.74) is 5.29. The van der Waals surface area contributed by atoms with Gasteiger partial charge in [-0.15, -0.1) is 0 Å². The second kappa shape index (κ2) is 8.55. The van der Waals surface area contributed by atoms with Crippen molar-refractivity contribution in [2.45, 2.75) is 19.4 Å². The molecule has 8 heteroatoms. The first kappa shape index (κ1) is 20.1. The molecule has 1 amide bonds. The maximum Gasteiger partial charge on any atom is 0.226 e. The van der Waals surface area contributed by atoms with Crippen LogP contribution in [0.3, 0.4) is 0 Å². The number of amides is 1. The highest BCUT2D eigenvalue weighted by molar-refractivity contribution is 6.24. The molecule has 2 heterocycles. The predicted molar refractivity (Wildman–Crippen MR) is 118 cm³/mol. The molecule has 6 N–H and O–H groups in total. The Hall–Kier alpha value is -3.68. The minimum atomic E-state index is -0.0523. The average molecular weight is 391 g/mol. The maximum atomic E-state index is 12.1. The first-order chi connectivity index (χ1) is 14.0. The highest BCUT2D eigenvalue weighted by Crippen LogP contribution is 2.37. The zero-order valence-electron chi connectivity index (χ0n) is 16.7. The van der Waals surface area contributed by atoms with Crippen molar-refractivity contribution in [3.8, 4) is 11.1 Å². The highest BCUT2D eigenvalue weighted by Gasteiger charge is 2.21. The fourth-order valence-electron chi connectivity index (χ4n) is 3.34. The van der Waals surface area contributed by atoms with E-state index in [0.717, 1.165) is 28.7 Å². The van der Waals surface area contributed by atoms with Crippen LogP contribution in [-0.2, 0) is 4.79 Å². The van der Waals surface area contributed by atoms with E-state index in [4.69, 9.17) is 10.8 Å². The zero-order valence-corrected chi connectivity index (χ0v) is 16.7. The molecule has 29 heavy (non-hydrogen) atoms. The molecule has 1 aromatic carbocycles. The molecule has 0 unspecified atom stereocenters. The summed E-state index contributed by atoms with van der Waals surface area (Å²) in [6, 6.07) is 5.73. The van der Waals surface area contributed by atoms with Crippen LogP contribution in [0.25, 0.3) is 11.1 Å². The maximum absolute atomic E-state index is 12.1. The van der Waals surface area contributed by atoms with E-state index in [1.165, 1.54) is 0 Å². The number of anilines is 3. The van der Waals surface area contributed by atoms with E-state index in [1.54, 1.807) is 32.7 Å². The lowest BCUT2D eigenvalue weighted by atomic mass is 9.96. The molecule has 1 aliphatic heterocycles. The second-order valence-corrected chi connectivity index (χ2v) is 6.83. The summed E-state index contributed by atoms with van der Waals surface area (Å²) in [5, 5.41) is 28.5. The van der Waals surface area contributed by atoms with E-state index < -0.39 is 0 Å². The van der Waals surface area contributed by atoms with Gasteiger partial charge in [0, 0.05) is 67.6 Å². The van der Waals surface area contributed by atoms with Gasteiger partial charge in [-0.05, 0) is 24.6 Å². The monoisotopic (exact) mass is 391 g/mol. The Labute approximate surface area is 169 Å². The van der Waals surface area contributed by atoms with E-state index in [1.807, 2.05) is 25.1 Å². The summed E-state index contributed by atoms with van der Waals surface area (Å²) >= 11 is 0. The zero-order chi connectivity index (χ0) is 21.0. The van der Waals surface area contributed by atoms with Gasteiger partial charge in [-0.25, -0.2) is 0 Å². The number of hydrogen-bond acceptors (Lipinski definition) is 7. The van der Waals surface area contributed by atoms with E-state index in [2.05, 4.69) is 26.3 Å². The lowest BCUT2D eigenvalue weighted by molar-refractivity contribution is -0.116. The third kappa shape index (κ3) is 4.11. The molecule has 0 saturated carbocycles. The third-order valence-corrected chi connectivity index (χ3v) is 4.72. The Morgan fingerprint density at radius 3 is 2.79 bits per heavy atom. The summed E-state index contributed by atoms with van der Waals surface area (Å²) in [6.07, 6.45) is 6.53. The van der Waals surface area contributed by atoms with Crippen LogP contribution in [0.1, 0.15) is 18.9 Å². The minimum Gasteiger partial charge on any atom is -0.393 e. The first-order valence-electron chi connectivity index (χ1n) is 9.32. The molecule has 3 rings (SSSR count). The van der Waals surface area contributed by atoms with Crippen LogP contribution in [0.5, 0.6) is 0 Å². The lowest BCUT2D eigenvalue weighted by Crippen LogP contribution is -2.19. The number of nitrogens with one attached hydrogen (secondary N) is 6. The van der Waals surface area contributed by atoms with Gasteiger partial charge in [0.2, 0.25) is 5.91 Å². The predicted octanol–water partition coefficient (Wildman–Crippen LogP) is 3.05. The van der Waals surface area contributed by atoms with Crippen molar-refractivity contribution >= 4 is 34.9 Å². The molecule has 1 atom stereocenters. The Kier molecular flexibility index (Phi) is 5.92. The van der Waals surface area contributed by atoms with Gasteiger partial charge in [-0.1, -0.05) is 6.07 Å². The van der Waals surface area contributed by atoms with E-state index in [0.29, 0.717) is 23.2 Å². The van der Waals surface area contributed by atoms with Crippen molar-refractivity contribution in [2.24, 2.45) is 0 Å². The molecule has 1 aliphatic rings. The second-order valence-electron chi connectivity index (χ2n) is 6.83. The Morgan fingerprint density at radius 2 is 2.10 bits per heavy atom. The van der Waals surface area contributed by atoms with Crippen molar-refractivity contribution in [1.82, 2.24) is 10.3 Å². The number of hydrogen-bond donors (Lipinski definition) is 6. The van der Waals surface area contributed by atoms with Gasteiger partial charge in [0.1, 0.15) is 0 Å². The standard InChI is InChI=1S/C21H25N7O/c1-12-6-19(29)28-18-11-26-10-16(21(18)27-12)13-4-5-17(25-3)15(7-13)20(23)14(8-22)9-24-2/h4-5,7-12,22-25,27H,6H2,1-3H3,(H,28,29)/b14-9+,22-8?,23-20?/t12-/m1/s1. The summed E-state index contributed by atoms with van der Waals surface area (Å²) in [5.74, 6) is -0.0523. The van der Waals surface area contributed by atoms with Gasteiger partial charge in [-0.2, -0.15) is 0 Å². The molecular weight excluding hydrogens is 366 g/mol. The van der Waals surface area contributed by atoms with Crippen molar-refractivity contribution in [1.29, 1.82) is 10.8 Å². The van der Waals surface area contributed by atoms with Crippen LogP contribution in [0.4, 0.5) is 17.1 Å². The summed E-state index contributed by atoms with van der Waals surface area (Å²) in [6.45, 7) is 1.96. The number of aromatic nitrogens is 1. The highest BCUT2D eigenvalue weighted by atomic mass is 16.1. The van der Waals surface area contributed by atoms with Gasteiger partial charge >= 0.3 is 0 Å². The SMILES string of the molecule is CN/C=C(\C=N)C(=N)c1cc(-c2cncc3c2N[C@H](C)CC(=O)N3)ccc1NC. The summed E-state index contributed by atoms with van der Waals surface area (Å²) in [4.78, 5) is 16.3. The van der Waals surface area contributed by atoms with Gasteiger partial charge in [0.15, 0.2) is 0 Å². The fraction of sp³-hybridized carbons (Fsp3) is 0.238. The van der Waals surface area contributed by atoms with Gasteiger partial charge in [-0.3, -0.25) is 15.2 Å². The molecule has 0 bridgehead atoms. The quantitative estimate of drug-likeness (QED) is 0.422. The average Bonchev–Trinajstić information content (AvgIpc) is 2.86. The molecule has 0 aliphatic carbocycles. The molecule has 0 radical (unpaired) electrons. The van der Waals surface area contributed by atoms with Crippen molar-refractivity contribution in [3.05, 3.63) is 47.9 Å². The Balaban J connectivity index is 2.13. The van der Waals surface area contributed by atoms with E-state index in [-0.39, 0.29) is 17.7 Å². The van der Waals surface area contributed by atoms with Crippen LogP contribution >= 0.6 is 0 Å². The fourth-order valence-corrected chi connectivity index (χ4v) is 3.34. The number of nitrogens with zero attached hydrogens (tertiary/aromatic N) is 1. The number of allylic oxidation sites excluding steroid dienone is 1. The molecular formula is C21H25N7O. The number of carbonyl (C=O) groups is 1. The topological polar surface area (TPSA) is 126 Å². The molecule has 0 saturated heterocycles. The van der Waals surface area contributed by atoms with Crippen molar-refractivity contribution < 1.29 is 4.79 Å². The van der Waals surface area contributed by atoms with Crippen LogP contribution in [0.15, 0.2) is 42.4 Å². The first-order valence-corrected chi connectivity index (χ1v) is 9.32. The van der Waals surface area contributed by atoms with Crippen molar-refractivity contribution in [2.75, 3.05) is 30.0 Å². The minimum absolute atomic E-state index is 0.0187. The molecule has 2 aromatic rings. The number of fused-ring (bicyclic) bond motifs is 1. The normalized spacial score (nSPS) is 16.0. The van der Waals surface area contributed by atoms with Crippen LogP contribution < -0.4 is 21.3 Å². The summed E-state index contributed by atoms with van der Waals surface area (Å²) < 4.78 is 0. The van der Waals surface area contributed by atoms with Gasteiger partial charge in [0.05, 0.1) is 23.3 Å². The largest absolute Gasteiger partial charge is 0.393 e. The van der Waals surface area contributed by atoms with Gasteiger partial charge < -0.3 is 26.7 Å². The molecule has 8 nitrogen and oxygen atoms in total. The summed E-state index contributed by atoms with van der Waals surface area (Å²) in [7, 11) is 3.53. The van der Waals surface area contributed by atoms with Gasteiger partial charge in [0.25, 0.3) is 0 Å². The molecule has 1 aromatic heterocycles. The number of pyridine rings is 1.